The number of carbonyl (C=O) groups is 2. The van der Waals surface area contributed by atoms with Crippen LogP contribution in [0, 0.1) is 18.6 Å². The van der Waals surface area contributed by atoms with Crippen LogP contribution in [0.25, 0.3) is 0 Å². The summed E-state index contributed by atoms with van der Waals surface area (Å²) in [6, 6.07) is 10.3. The second kappa shape index (κ2) is 7.92. The van der Waals surface area contributed by atoms with Crippen LogP contribution in [0.3, 0.4) is 0 Å². The summed E-state index contributed by atoms with van der Waals surface area (Å²) in [5, 5.41) is 2.65. The van der Waals surface area contributed by atoms with Gasteiger partial charge in [-0.05, 0) is 42.5 Å². The van der Waals surface area contributed by atoms with Gasteiger partial charge in [0.25, 0.3) is 11.8 Å². The number of imide groups is 1. The predicted octanol–water partition coefficient (Wildman–Crippen LogP) is 4.30. The number of hydrogen-bond acceptors (Lipinski definition) is 3. The summed E-state index contributed by atoms with van der Waals surface area (Å²) < 4.78 is 27.4. The van der Waals surface area contributed by atoms with Crippen LogP contribution in [-0.4, -0.2) is 23.3 Å². The smallest absolute Gasteiger partial charge is 0.277 e. The van der Waals surface area contributed by atoms with E-state index in [1.807, 2.05) is 24.3 Å². The van der Waals surface area contributed by atoms with E-state index in [0.717, 1.165) is 28.7 Å². The Morgan fingerprint density at radius 2 is 1.64 bits per heavy atom. The molecule has 0 unspecified atom stereocenters. The van der Waals surface area contributed by atoms with Gasteiger partial charge in [-0.2, -0.15) is 0 Å². The second-order valence-electron chi connectivity index (χ2n) is 7.19. The quantitative estimate of drug-likeness (QED) is 0.756. The SMILES string of the molecule is Cc1c(F)cc(NC2=CC(=O)N(CCc3ccc(C(C)C)cc3)C2=O)cc1F. The first kappa shape index (κ1) is 19.7. The third kappa shape index (κ3) is 4.11. The summed E-state index contributed by atoms with van der Waals surface area (Å²) in [6.07, 6.45) is 1.69. The van der Waals surface area contributed by atoms with Crippen molar-refractivity contribution < 1.29 is 18.4 Å². The van der Waals surface area contributed by atoms with Crippen molar-refractivity contribution in [2.75, 3.05) is 11.9 Å². The van der Waals surface area contributed by atoms with E-state index in [4.69, 9.17) is 0 Å². The van der Waals surface area contributed by atoms with Crippen LogP contribution >= 0.6 is 0 Å². The Morgan fingerprint density at radius 3 is 2.21 bits per heavy atom. The zero-order valence-corrected chi connectivity index (χ0v) is 16.1. The second-order valence-corrected chi connectivity index (χ2v) is 7.19. The molecule has 6 heteroatoms. The van der Waals surface area contributed by atoms with Crippen LogP contribution in [-0.2, 0) is 16.0 Å². The molecular formula is C22H22F2N2O2. The number of benzene rings is 2. The minimum atomic E-state index is -0.721. The van der Waals surface area contributed by atoms with Crippen molar-refractivity contribution in [1.29, 1.82) is 0 Å². The van der Waals surface area contributed by atoms with E-state index in [1.54, 1.807) is 0 Å². The van der Waals surface area contributed by atoms with E-state index in [-0.39, 0.29) is 23.5 Å². The molecule has 1 aliphatic rings. The van der Waals surface area contributed by atoms with Crippen molar-refractivity contribution in [3.05, 3.63) is 76.5 Å². The van der Waals surface area contributed by atoms with Gasteiger partial charge >= 0.3 is 0 Å². The van der Waals surface area contributed by atoms with Crippen molar-refractivity contribution in [2.24, 2.45) is 0 Å². The molecule has 0 atom stereocenters. The Bertz CT molecular complexity index is 927. The standard InChI is InChI=1S/C22H22F2N2O2/c1-13(2)16-6-4-15(5-7-16)8-9-26-21(27)12-20(22(26)28)25-17-10-18(23)14(3)19(24)11-17/h4-7,10-13,25H,8-9H2,1-3H3. The molecule has 1 heterocycles. The number of nitrogens with one attached hydrogen (secondary N) is 1. The number of amides is 2. The first-order chi connectivity index (χ1) is 13.3. The maximum absolute atomic E-state index is 13.7. The van der Waals surface area contributed by atoms with Gasteiger partial charge in [0.05, 0.1) is 0 Å². The largest absolute Gasteiger partial charge is 0.351 e. The maximum atomic E-state index is 13.7. The number of halogens is 2. The summed E-state index contributed by atoms with van der Waals surface area (Å²) in [7, 11) is 0. The molecule has 1 aliphatic heterocycles. The number of anilines is 1. The van der Waals surface area contributed by atoms with Gasteiger partial charge < -0.3 is 5.32 Å². The fourth-order valence-corrected chi connectivity index (χ4v) is 2.99. The minimum absolute atomic E-state index is 0.00260. The van der Waals surface area contributed by atoms with E-state index < -0.39 is 23.4 Å². The van der Waals surface area contributed by atoms with Crippen LogP contribution in [0.5, 0.6) is 0 Å². The number of rotatable bonds is 6. The lowest BCUT2D eigenvalue weighted by Gasteiger charge is -2.16. The molecule has 0 fully saturated rings. The predicted molar refractivity (Wildman–Crippen MR) is 104 cm³/mol. The lowest BCUT2D eigenvalue weighted by Crippen LogP contribution is -2.33. The Morgan fingerprint density at radius 1 is 1.04 bits per heavy atom. The number of nitrogens with zero attached hydrogens (tertiary/aromatic N) is 1. The highest BCUT2D eigenvalue weighted by molar-refractivity contribution is 6.17. The molecule has 4 nitrogen and oxygen atoms in total. The summed E-state index contributed by atoms with van der Waals surface area (Å²) >= 11 is 0. The molecule has 1 N–H and O–H groups in total. The Hall–Kier alpha value is -3.02. The lowest BCUT2D eigenvalue weighted by molar-refractivity contribution is -0.137. The van der Waals surface area contributed by atoms with Gasteiger partial charge in [0.2, 0.25) is 0 Å². The Balaban J connectivity index is 1.65. The summed E-state index contributed by atoms with van der Waals surface area (Å²) in [4.78, 5) is 25.8. The minimum Gasteiger partial charge on any atom is -0.351 e. The highest BCUT2D eigenvalue weighted by atomic mass is 19.1. The molecule has 146 valence electrons. The van der Waals surface area contributed by atoms with Crippen molar-refractivity contribution in [3.63, 3.8) is 0 Å². The molecule has 28 heavy (non-hydrogen) atoms. The van der Waals surface area contributed by atoms with Crippen LogP contribution in [0.4, 0.5) is 14.5 Å². The van der Waals surface area contributed by atoms with Gasteiger partial charge in [0.15, 0.2) is 0 Å². The monoisotopic (exact) mass is 384 g/mol. The fourth-order valence-electron chi connectivity index (χ4n) is 2.99. The first-order valence-electron chi connectivity index (χ1n) is 9.15. The third-order valence-electron chi connectivity index (χ3n) is 4.84. The molecule has 0 saturated carbocycles. The van der Waals surface area contributed by atoms with Crippen LogP contribution < -0.4 is 5.32 Å². The highest BCUT2D eigenvalue weighted by Crippen LogP contribution is 2.22. The average molecular weight is 384 g/mol. The third-order valence-corrected chi connectivity index (χ3v) is 4.84. The van der Waals surface area contributed by atoms with Crippen LogP contribution in [0.2, 0.25) is 0 Å². The molecule has 2 amide bonds. The zero-order valence-electron chi connectivity index (χ0n) is 16.1. The lowest BCUT2D eigenvalue weighted by atomic mass is 10.0. The van der Waals surface area contributed by atoms with Crippen molar-refractivity contribution in [3.8, 4) is 0 Å². The van der Waals surface area contributed by atoms with E-state index in [1.165, 1.54) is 12.5 Å². The molecule has 0 saturated heterocycles. The van der Waals surface area contributed by atoms with E-state index in [0.29, 0.717) is 12.3 Å². The molecule has 0 aliphatic carbocycles. The van der Waals surface area contributed by atoms with Crippen LogP contribution in [0.1, 0.15) is 36.5 Å². The zero-order chi connectivity index (χ0) is 20.4. The number of carbonyl (C=O) groups excluding carboxylic acids is 2. The Labute approximate surface area is 162 Å². The van der Waals surface area contributed by atoms with E-state index in [9.17, 15) is 18.4 Å². The van der Waals surface area contributed by atoms with Crippen molar-refractivity contribution >= 4 is 17.5 Å². The van der Waals surface area contributed by atoms with E-state index in [2.05, 4.69) is 19.2 Å². The van der Waals surface area contributed by atoms with Gasteiger partial charge in [0, 0.05) is 23.9 Å². The molecule has 0 bridgehead atoms. The molecule has 2 aromatic carbocycles. The summed E-state index contributed by atoms with van der Waals surface area (Å²) in [6.45, 7) is 5.79. The van der Waals surface area contributed by atoms with Gasteiger partial charge in [-0.1, -0.05) is 38.1 Å². The van der Waals surface area contributed by atoms with Crippen LogP contribution in [0.15, 0.2) is 48.2 Å². The Kier molecular flexibility index (Phi) is 5.58. The van der Waals surface area contributed by atoms with Gasteiger partial charge in [-0.3, -0.25) is 14.5 Å². The van der Waals surface area contributed by atoms with Crippen molar-refractivity contribution in [2.45, 2.75) is 33.1 Å². The molecule has 0 spiro atoms. The molecule has 0 aromatic heterocycles. The van der Waals surface area contributed by atoms with E-state index >= 15 is 0 Å². The summed E-state index contributed by atoms with van der Waals surface area (Å²) in [5.74, 6) is -1.96. The first-order valence-corrected chi connectivity index (χ1v) is 9.15. The molecule has 0 radical (unpaired) electrons. The van der Waals surface area contributed by atoms with Gasteiger partial charge in [-0.15, -0.1) is 0 Å². The average Bonchev–Trinajstić information content (AvgIpc) is 2.91. The number of hydrogen-bond donors (Lipinski definition) is 1. The van der Waals surface area contributed by atoms with Gasteiger partial charge in [0.1, 0.15) is 17.3 Å². The summed E-state index contributed by atoms with van der Waals surface area (Å²) in [5.41, 5.74) is 2.23. The van der Waals surface area contributed by atoms with Crippen molar-refractivity contribution in [1.82, 2.24) is 4.90 Å². The fraction of sp³-hybridized carbons (Fsp3) is 0.273. The normalized spacial score (nSPS) is 14.1. The van der Waals surface area contributed by atoms with Gasteiger partial charge in [-0.25, -0.2) is 8.78 Å². The topological polar surface area (TPSA) is 49.4 Å². The maximum Gasteiger partial charge on any atom is 0.277 e. The molecular weight excluding hydrogens is 362 g/mol. The molecule has 3 rings (SSSR count). The molecule has 2 aromatic rings. The highest BCUT2D eigenvalue weighted by Gasteiger charge is 2.31.